The fourth-order valence-electron chi connectivity index (χ4n) is 4.49. The van der Waals surface area contributed by atoms with E-state index in [0.29, 0.717) is 17.6 Å². The molecular weight excluding hydrogens is 430 g/mol. The Balaban J connectivity index is 1.08. The molecule has 1 fully saturated rings. The SMILES string of the molecule is O=C(CCCCCN=C1NC(=S)N=C2C=CC=CC21)NC1CCN(Cc2ccccc2)CC1. The van der Waals surface area contributed by atoms with E-state index in [4.69, 9.17) is 17.2 Å². The largest absolute Gasteiger partial charge is 0.353 e. The second-order valence-corrected chi connectivity index (χ2v) is 9.26. The van der Waals surface area contributed by atoms with Crippen molar-refractivity contribution >= 4 is 34.8 Å². The molecule has 2 N–H and O–H groups in total. The zero-order valence-electron chi connectivity index (χ0n) is 19.1. The molecule has 1 saturated heterocycles. The molecule has 4 rings (SSSR count). The highest BCUT2D eigenvalue weighted by molar-refractivity contribution is 7.80. The second-order valence-electron chi connectivity index (χ2n) is 8.87. The smallest absolute Gasteiger partial charge is 0.220 e. The van der Waals surface area contributed by atoms with Gasteiger partial charge in [-0.15, -0.1) is 0 Å². The number of amidine groups is 1. The van der Waals surface area contributed by atoms with E-state index < -0.39 is 0 Å². The van der Waals surface area contributed by atoms with E-state index in [1.54, 1.807) is 0 Å². The van der Waals surface area contributed by atoms with Crippen molar-refractivity contribution in [3.8, 4) is 0 Å². The Morgan fingerprint density at radius 3 is 2.79 bits per heavy atom. The lowest BCUT2D eigenvalue weighted by molar-refractivity contribution is -0.122. The van der Waals surface area contributed by atoms with Gasteiger partial charge in [-0.3, -0.25) is 14.7 Å². The Hall–Kier alpha value is -2.64. The maximum absolute atomic E-state index is 12.4. The highest BCUT2D eigenvalue weighted by Gasteiger charge is 2.25. The molecule has 174 valence electrons. The van der Waals surface area contributed by atoms with Crippen LogP contribution in [-0.2, 0) is 11.3 Å². The van der Waals surface area contributed by atoms with Crippen LogP contribution in [-0.4, -0.2) is 53.1 Å². The number of unbranched alkanes of at least 4 members (excludes halogenated alkanes) is 2. The van der Waals surface area contributed by atoms with E-state index in [1.807, 2.05) is 18.2 Å². The van der Waals surface area contributed by atoms with Crippen molar-refractivity contribution in [1.82, 2.24) is 15.5 Å². The summed E-state index contributed by atoms with van der Waals surface area (Å²) in [5.41, 5.74) is 2.30. The molecule has 1 aromatic carbocycles. The van der Waals surface area contributed by atoms with Gasteiger partial charge in [-0.05, 0) is 49.5 Å². The number of benzene rings is 1. The number of amides is 1. The third-order valence-corrected chi connectivity index (χ3v) is 6.50. The zero-order valence-corrected chi connectivity index (χ0v) is 19.9. The Labute approximate surface area is 202 Å². The van der Waals surface area contributed by atoms with E-state index in [-0.39, 0.29) is 11.8 Å². The van der Waals surface area contributed by atoms with Gasteiger partial charge in [0.2, 0.25) is 5.91 Å². The zero-order chi connectivity index (χ0) is 22.9. The number of allylic oxidation sites excluding steroid dienone is 3. The Kier molecular flexibility index (Phi) is 8.55. The molecule has 0 aromatic heterocycles. The summed E-state index contributed by atoms with van der Waals surface area (Å²) in [4.78, 5) is 23.9. The van der Waals surface area contributed by atoms with Crippen LogP contribution in [0.25, 0.3) is 0 Å². The number of hydrogen-bond acceptors (Lipinski definition) is 4. The number of aliphatic imine (C=N–C) groups is 2. The molecule has 1 unspecified atom stereocenters. The van der Waals surface area contributed by atoms with Gasteiger partial charge in [0.25, 0.3) is 0 Å². The summed E-state index contributed by atoms with van der Waals surface area (Å²) in [6.45, 7) is 3.80. The Morgan fingerprint density at radius 2 is 1.97 bits per heavy atom. The van der Waals surface area contributed by atoms with Crippen molar-refractivity contribution in [2.24, 2.45) is 15.9 Å². The van der Waals surface area contributed by atoms with Gasteiger partial charge in [-0.1, -0.05) is 55.0 Å². The summed E-state index contributed by atoms with van der Waals surface area (Å²) in [5, 5.41) is 6.84. The van der Waals surface area contributed by atoms with Gasteiger partial charge in [0, 0.05) is 38.6 Å². The van der Waals surface area contributed by atoms with Crippen LogP contribution in [0, 0.1) is 5.92 Å². The number of nitrogens with one attached hydrogen (secondary N) is 2. The van der Waals surface area contributed by atoms with E-state index in [1.165, 1.54) is 5.56 Å². The van der Waals surface area contributed by atoms with E-state index in [0.717, 1.165) is 69.8 Å². The predicted octanol–water partition coefficient (Wildman–Crippen LogP) is 3.80. The molecule has 33 heavy (non-hydrogen) atoms. The standard InChI is InChI=1S/C26H33N5OS/c32-24(28-21-14-17-31(18-15-21)19-20-9-3-1-4-10-20)13-5-2-8-16-27-25-22-11-6-7-12-23(22)29-26(33)30-25/h1,3-4,6-7,9-12,21-22H,2,5,8,13-19H2,(H,28,32)(H,27,30,33). The van der Waals surface area contributed by atoms with Gasteiger partial charge in [0.15, 0.2) is 5.11 Å². The summed E-state index contributed by atoms with van der Waals surface area (Å²) >= 11 is 5.22. The molecule has 2 aliphatic heterocycles. The fourth-order valence-corrected chi connectivity index (χ4v) is 4.70. The number of thiocarbonyl (C=S) groups is 1. The summed E-state index contributed by atoms with van der Waals surface area (Å²) in [5.74, 6) is 1.13. The lowest BCUT2D eigenvalue weighted by Gasteiger charge is -2.32. The van der Waals surface area contributed by atoms with E-state index in [2.05, 4.69) is 56.9 Å². The van der Waals surface area contributed by atoms with Gasteiger partial charge in [0.05, 0.1) is 11.6 Å². The molecule has 1 aliphatic carbocycles. The first-order chi connectivity index (χ1) is 16.2. The quantitative estimate of drug-likeness (QED) is 0.432. The lowest BCUT2D eigenvalue weighted by Crippen LogP contribution is -2.44. The van der Waals surface area contributed by atoms with Crippen LogP contribution in [0.4, 0.5) is 0 Å². The highest BCUT2D eigenvalue weighted by Crippen LogP contribution is 2.16. The number of carbonyl (C=O) groups excluding carboxylic acids is 1. The first-order valence-electron chi connectivity index (χ1n) is 12.0. The molecule has 2 heterocycles. The van der Waals surface area contributed by atoms with Crippen LogP contribution in [0.15, 0.2) is 64.6 Å². The monoisotopic (exact) mass is 463 g/mol. The molecule has 0 bridgehead atoms. The van der Waals surface area contributed by atoms with Gasteiger partial charge in [-0.25, -0.2) is 4.99 Å². The molecule has 7 heteroatoms. The molecule has 3 aliphatic rings. The number of likely N-dealkylation sites (tertiary alicyclic amines) is 1. The maximum Gasteiger partial charge on any atom is 0.220 e. The topological polar surface area (TPSA) is 69.1 Å². The summed E-state index contributed by atoms with van der Waals surface area (Å²) in [6, 6.07) is 10.9. The minimum atomic E-state index is 0.0755. The van der Waals surface area contributed by atoms with Crippen molar-refractivity contribution in [2.75, 3.05) is 19.6 Å². The number of piperidine rings is 1. The number of rotatable bonds is 9. The molecule has 0 saturated carbocycles. The van der Waals surface area contributed by atoms with Crippen LogP contribution < -0.4 is 10.6 Å². The van der Waals surface area contributed by atoms with E-state index in [9.17, 15) is 4.79 Å². The highest BCUT2D eigenvalue weighted by atomic mass is 32.1. The summed E-state index contributed by atoms with van der Waals surface area (Å²) < 4.78 is 0. The van der Waals surface area contributed by atoms with Gasteiger partial charge >= 0.3 is 0 Å². The average molecular weight is 464 g/mol. The average Bonchev–Trinajstić information content (AvgIpc) is 2.83. The minimum absolute atomic E-state index is 0.0755. The molecular formula is C26H33N5OS. The first kappa shape index (κ1) is 23.5. The van der Waals surface area contributed by atoms with Crippen LogP contribution in [0.2, 0.25) is 0 Å². The minimum Gasteiger partial charge on any atom is -0.353 e. The molecule has 6 nitrogen and oxygen atoms in total. The van der Waals surface area contributed by atoms with Gasteiger partial charge in [0.1, 0.15) is 5.84 Å². The predicted molar refractivity (Wildman–Crippen MR) is 139 cm³/mol. The van der Waals surface area contributed by atoms with Crippen molar-refractivity contribution < 1.29 is 4.79 Å². The normalized spacial score (nSPS) is 22.1. The van der Waals surface area contributed by atoms with E-state index >= 15 is 0 Å². The van der Waals surface area contributed by atoms with Crippen molar-refractivity contribution in [1.29, 1.82) is 0 Å². The number of carbonyl (C=O) groups is 1. The van der Waals surface area contributed by atoms with Crippen molar-refractivity contribution in [3.05, 3.63) is 60.2 Å². The molecule has 1 aromatic rings. The Morgan fingerprint density at radius 1 is 1.15 bits per heavy atom. The van der Waals surface area contributed by atoms with Crippen LogP contribution >= 0.6 is 12.2 Å². The number of fused-ring (bicyclic) bond motifs is 1. The third-order valence-electron chi connectivity index (χ3n) is 6.31. The second kappa shape index (κ2) is 12.0. The van der Waals surface area contributed by atoms with Gasteiger partial charge < -0.3 is 10.6 Å². The first-order valence-corrected chi connectivity index (χ1v) is 12.4. The van der Waals surface area contributed by atoms with Crippen molar-refractivity contribution in [3.63, 3.8) is 0 Å². The van der Waals surface area contributed by atoms with Crippen LogP contribution in [0.1, 0.15) is 44.1 Å². The lowest BCUT2D eigenvalue weighted by atomic mass is 9.96. The molecule has 1 amide bonds. The maximum atomic E-state index is 12.4. The van der Waals surface area contributed by atoms with Crippen LogP contribution in [0.3, 0.4) is 0 Å². The molecule has 0 radical (unpaired) electrons. The molecule has 1 atom stereocenters. The number of hydrogen-bond donors (Lipinski definition) is 2. The summed E-state index contributed by atoms with van der Waals surface area (Å²) in [7, 11) is 0. The number of nitrogens with zero attached hydrogens (tertiary/aromatic N) is 3. The van der Waals surface area contributed by atoms with Crippen molar-refractivity contribution in [2.45, 2.75) is 51.1 Å². The van der Waals surface area contributed by atoms with Gasteiger partial charge in [-0.2, -0.15) is 0 Å². The summed E-state index contributed by atoms with van der Waals surface area (Å²) in [6.07, 6.45) is 13.6. The third kappa shape index (κ3) is 7.17. The van der Waals surface area contributed by atoms with Crippen LogP contribution in [0.5, 0.6) is 0 Å². The fraction of sp³-hybridized carbons (Fsp3) is 0.462. The molecule has 0 spiro atoms. The Bertz CT molecular complexity index is 945.